The highest BCUT2D eigenvalue weighted by Crippen LogP contribution is 2.12. The van der Waals surface area contributed by atoms with Crippen molar-refractivity contribution in [1.29, 1.82) is 0 Å². The quantitative estimate of drug-likeness (QED) is 0.507. The second-order valence-electron chi connectivity index (χ2n) is 2.48. The lowest BCUT2D eigenvalue weighted by Gasteiger charge is -2.09. The number of allylic oxidation sites excluding steroid dienone is 3. The van der Waals surface area contributed by atoms with Gasteiger partial charge in [0, 0.05) is 0 Å². The molecule has 2 unspecified atom stereocenters. The maximum absolute atomic E-state index is 3.73. The molecule has 0 aromatic rings. The normalized spacial score (nSPS) is 17.7. The Hall–Kier alpha value is -0.520. The summed E-state index contributed by atoms with van der Waals surface area (Å²) < 4.78 is 0. The van der Waals surface area contributed by atoms with E-state index < -0.39 is 0 Å². The first kappa shape index (κ1) is 8.48. The molecule has 0 N–H and O–H groups in total. The first-order valence-electron chi connectivity index (χ1n) is 3.47. The fourth-order valence-electron chi connectivity index (χ4n) is 0.693. The van der Waals surface area contributed by atoms with E-state index in [1.54, 1.807) is 0 Å². The minimum atomic E-state index is 0.598. The molecular formula is C9H16. The van der Waals surface area contributed by atoms with Crippen molar-refractivity contribution in [2.45, 2.75) is 20.8 Å². The molecule has 0 aliphatic carbocycles. The summed E-state index contributed by atoms with van der Waals surface area (Å²) in [5.41, 5.74) is 0. The molecule has 0 nitrogen and oxygen atoms in total. The van der Waals surface area contributed by atoms with Gasteiger partial charge >= 0.3 is 0 Å². The van der Waals surface area contributed by atoms with E-state index >= 15 is 0 Å². The molecule has 0 heteroatoms. The van der Waals surface area contributed by atoms with Crippen LogP contribution in [0.5, 0.6) is 0 Å². The van der Waals surface area contributed by atoms with Gasteiger partial charge in [0.2, 0.25) is 0 Å². The van der Waals surface area contributed by atoms with E-state index in [9.17, 15) is 0 Å². The van der Waals surface area contributed by atoms with E-state index in [-0.39, 0.29) is 0 Å². The van der Waals surface area contributed by atoms with Crippen molar-refractivity contribution in [1.82, 2.24) is 0 Å². The van der Waals surface area contributed by atoms with Crippen LogP contribution in [0.4, 0.5) is 0 Å². The van der Waals surface area contributed by atoms with Crippen LogP contribution in [0, 0.1) is 11.8 Å². The summed E-state index contributed by atoms with van der Waals surface area (Å²) in [6.07, 6.45) is 6.28. The monoisotopic (exact) mass is 124 g/mol. The summed E-state index contributed by atoms with van der Waals surface area (Å²) in [5.74, 6) is 1.23. The van der Waals surface area contributed by atoms with Crippen LogP contribution in [0.2, 0.25) is 0 Å². The molecule has 0 aliphatic heterocycles. The Bertz CT molecular complexity index is 101. The third-order valence-electron chi connectivity index (χ3n) is 1.70. The number of hydrogen-bond acceptors (Lipinski definition) is 0. The lowest BCUT2D eigenvalue weighted by atomic mass is 9.96. The molecule has 0 aliphatic rings. The minimum absolute atomic E-state index is 0.598. The van der Waals surface area contributed by atoms with E-state index in [2.05, 4.69) is 32.6 Å². The zero-order valence-corrected chi connectivity index (χ0v) is 6.59. The smallest absolute Gasteiger partial charge is 0.0202 e. The Balaban J connectivity index is 3.71. The van der Waals surface area contributed by atoms with E-state index in [1.165, 1.54) is 0 Å². The van der Waals surface area contributed by atoms with Gasteiger partial charge in [0.15, 0.2) is 0 Å². The van der Waals surface area contributed by atoms with E-state index in [4.69, 9.17) is 0 Å². The second-order valence-corrected chi connectivity index (χ2v) is 2.48. The van der Waals surface area contributed by atoms with Gasteiger partial charge in [0.05, 0.1) is 0 Å². The molecule has 0 fully saturated rings. The molecule has 0 amide bonds. The van der Waals surface area contributed by atoms with Crippen molar-refractivity contribution in [3.8, 4) is 0 Å². The van der Waals surface area contributed by atoms with Gasteiger partial charge in [-0.1, -0.05) is 32.1 Å². The molecule has 0 saturated carbocycles. The molecule has 0 rings (SSSR count). The summed E-state index contributed by atoms with van der Waals surface area (Å²) in [6, 6.07) is 0. The van der Waals surface area contributed by atoms with Crippen LogP contribution >= 0.6 is 0 Å². The van der Waals surface area contributed by atoms with Crippen molar-refractivity contribution in [2.24, 2.45) is 11.8 Å². The Morgan fingerprint density at radius 3 is 2.11 bits per heavy atom. The summed E-state index contributed by atoms with van der Waals surface area (Å²) in [5, 5.41) is 0. The van der Waals surface area contributed by atoms with Crippen LogP contribution < -0.4 is 0 Å². The molecule has 0 heterocycles. The van der Waals surface area contributed by atoms with Crippen LogP contribution in [0.1, 0.15) is 20.8 Å². The highest BCUT2D eigenvalue weighted by Gasteiger charge is 2.01. The first-order valence-corrected chi connectivity index (χ1v) is 3.47. The maximum atomic E-state index is 3.73. The topological polar surface area (TPSA) is 0 Å². The number of rotatable bonds is 3. The Morgan fingerprint density at radius 2 is 1.78 bits per heavy atom. The van der Waals surface area contributed by atoms with E-state index in [0.717, 1.165) is 0 Å². The zero-order chi connectivity index (χ0) is 7.28. The second kappa shape index (κ2) is 4.37. The van der Waals surface area contributed by atoms with Gasteiger partial charge in [-0.3, -0.25) is 0 Å². The molecule has 9 heavy (non-hydrogen) atoms. The van der Waals surface area contributed by atoms with Crippen LogP contribution in [0.25, 0.3) is 0 Å². The summed E-state index contributed by atoms with van der Waals surface area (Å²) in [6.45, 7) is 10.2. The molecule has 52 valence electrons. The maximum Gasteiger partial charge on any atom is -0.0202 e. The van der Waals surface area contributed by atoms with Crippen LogP contribution in [0.3, 0.4) is 0 Å². The van der Waals surface area contributed by atoms with Gasteiger partial charge in [0.1, 0.15) is 0 Å². The van der Waals surface area contributed by atoms with Crippen molar-refractivity contribution >= 4 is 0 Å². The predicted molar refractivity (Wildman–Crippen MR) is 43.3 cm³/mol. The van der Waals surface area contributed by atoms with Gasteiger partial charge in [-0.2, -0.15) is 0 Å². The molecule has 2 atom stereocenters. The van der Waals surface area contributed by atoms with Gasteiger partial charge in [0.25, 0.3) is 0 Å². The number of hydrogen-bond donors (Lipinski definition) is 0. The molecule has 0 radical (unpaired) electrons. The molecular weight excluding hydrogens is 108 g/mol. The summed E-state index contributed by atoms with van der Waals surface area (Å²) in [7, 11) is 0. The molecule has 0 bridgehead atoms. The van der Waals surface area contributed by atoms with Crippen molar-refractivity contribution in [3.05, 3.63) is 24.8 Å². The Kier molecular flexibility index (Phi) is 4.12. The largest absolute Gasteiger partial charge is 0.103 e. The standard InChI is InChI=1S/C9H16/c1-5-7-9(4)8(3)6-2/h5-9H,2H2,1,3-4H3. The van der Waals surface area contributed by atoms with Crippen LogP contribution in [0.15, 0.2) is 24.8 Å². The van der Waals surface area contributed by atoms with Gasteiger partial charge < -0.3 is 0 Å². The zero-order valence-electron chi connectivity index (χ0n) is 6.59. The highest BCUT2D eigenvalue weighted by molar-refractivity contribution is 4.91. The molecule has 0 spiro atoms. The average molecular weight is 124 g/mol. The first-order chi connectivity index (χ1) is 4.22. The fourth-order valence-corrected chi connectivity index (χ4v) is 0.693. The highest BCUT2D eigenvalue weighted by atomic mass is 14.1. The van der Waals surface area contributed by atoms with Gasteiger partial charge in [-0.25, -0.2) is 0 Å². The third-order valence-corrected chi connectivity index (χ3v) is 1.70. The van der Waals surface area contributed by atoms with Gasteiger partial charge in [-0.15, -0.1) is 6.58 Å². The fraction of sp³-hybridized carbons (Fsp3) is 0.556. The van der Waals surface area contributed by atoms with Crippen LogP contribution in [-0.4, -0.2) is 0 Å². The average Bonchev–Trinajstić information content (AvgIpc) is 1.87. The lowest BCUT2D eigenvalue weighted by Crippen LogP contribution is -2.00. The summed E-state index contributed by atoms with van der Waals surface area (Å²) >= 11 is 0. The van der Waals surface area contributed by atoms with Crippen molar-refractivity contribution in [3.63, 3.8) is 0 Å². The van der Waals surface area contributed by atoms with Crippen LogP contribution in [-0.2, 0) is 0 Å². The Morgan fingerprint density at radius 1 is 1.22 bits per heavy atom. The van der Waals surface area contributed by atoms with E-state index in [1.807, 2.05) is 13.0 Å². The summed E-state index contributed by atoms with van der Waals surface area (Å²) in [4.78, 5) is 0. The molecule has 0 saturated heterocycles. The molecule has 0 aromatic heterocycles. The minimum Gasteiger partial charge on any atom is -0.103 e. The predicted octanol–water partition coefficient (Wildman–Crippen LogP) is 3.02. The van der Waals surface area contributed by atoms with E-state index in [0.29, 0.717) is 11.8 Å². The van der Waals surface area contributed by atoms with Gasteiger partial charge in [-0.05, 0) is 18.8 Å². The van der Waals surface area contributed by atoms with Crippen molar-refractivity contribution < 1.29 is 0 Å². The Labute approximate surface area is 58.3 Å². The van der Waals surface area contributed by atoms with Crippen molar-refractivity contribution in [2.75, 3.05) is 0 Å². The SMILES string of the molecule is C=CC(C)C(C)C=CC. The lowest BCUT2D eigenvalue weighted by molar-refractivity contribution is 0.559. The molecule has 0 aromatic carbocycles. The third kappa shape index (κ3) is 3.12.